The molecule has 3 aromatic rings. The third kappa shape index (κ3) is 3.60. The number of ether oxygens (including phenoxy) is 1. The Morgan fingerprint density at radius 1 is 1.20 bits per heavy atom. The van der Waals surface area contributed by atoms with Gasteiger partial charge >= 0.3 is 6.61 Å². The van der Waals surface area contributed by atoms with E-state index in [1.54, 1.807) is 0 Å². The SMILES string of the molecule is O=C(Nc1ccc2nc[nH]c(=O)c2c1)c1ccc(F)cc1OC(F)F. The summed E-state index contributed by atoms with van der Waals surface area (Å²) in [5.41, 5.74) is -0.0138. The molecule has 1 aromatic heterocycles. The van der Waals surface area contributed by atoms with E-state index in [0.29, 0.717) is 11.6 Å². The van der Waals surface area contributed by atoms with Crippen LogP contribution in [-0.4, -0.2) is 22.5 Å². The van der Waals surface area contributed by atoms with Gasteiger partial charge in [0.05, 0.1) is 22.8 Å². The van der Waals surface area contributed by atoms with E-state index in [9.17, 15) is 22.8 Å². The molecule has 0 spiro atoms. The molecule has 0 bridgehead atoms. The number of aromatic nitrogens is 2. The summed E-state index contributed by atoms with van der Waals surface area (Å²) in [5, 5.41) is 2.68. The van der Waals surface area contributed by atoms with Crippen LogP contribution in [0.4, 0.5) is 18.9 Å². The molecule has 9 heteroatoms. The molecule has 0 saturated heterocycles. The zero-order chi connectivity index (χ0) is 18.0. The van der Waals surface area contributed by atoms with E-state index in [-0.39, 0.29) is 16.6 Å². The van der Waals surface area contributed by atoms with Crippen LogP contribution in [0, 0.1) is 5.82 Å². The van der Waals surface area contributed by atoms with Crippen LogP contribution in [0.25, 0.3) is 10.9 Å². The number of hydrogen-bond acceptors (Lipinski definition) is 4. The lowest BCUT2D eigenvalue weighted by Gasteiger charge is -2.11. The minimum Gasteiger partial charge on any atom is -0.434 e. The molecule has 1 heterocycles. The average molecular weight is 349 g/mol. The Bertz CT molecular complexity index is 1000. The molecule has 0 aliphatic carbocycles. The Hall–Kier alpha value is -3.36. The van der Waals surface area contributed by atoms with Gasteiger partial charge in [-0.25, -0.2) is 9.37 Å². The van der Waals surface area contributed by atoms with Crippen molar-refractivity contribution in [1.29, 1.82) is 0 Å². The number of alkyl halides is 2. The topological polar surface area (TPSA) is 84.1 Å². The number of H-pyrrole nitrogens is 1. The molecule has 0 aliphatic rings. The van der Waals surface area contributed by atoms with Crippen molar-refractivity contribution in [2.24, 2.45) is 0 Å². The summed E-state index contributed by atoms with van der Waals surface area (Å²) < 4.78 is 42.2. The normalized spacial score (nSPS) is 10.9. The van der Waals surface area contributed by atoms with Crippen molar-refractivity contribution in [3.05, 3.63) is 64.5 Å². The zero-order valence-electron chi connectivity index (χ0n) is 12.4. The summed E-state index contributed by atoms with van der Waals surface area (Å²) in [7, 11) is 0. The fourth-order valence-corrected chi connectivity index (χ4v) is 2.22. The summed E-state index contributed by atoms with van der Waals surface area (Å²) in [5.74, 6) is -2.21. The minimum absolute atomic E-state index is 0.239. The minimum atomic E-state index is -3.21. The highest BCUT2D eigenvalue weighted by molar-refractivity contribution is 6.06. The van der Waals surface area contributed by atoms with Crippen LogP contribution in [0.3, 0.4) is 0 Å². The number of benzene rings is 2. The average Bonchev–Trinajstić information content (AvgIpc) is 2.55. The largest absolute Gasteiger partial charge is 0.434 e. The van der Waals surface area contributed by atoms with Gasteiger partial charge in [0.1, 0.15) is 11.6 Å². The quantitative estimate of drug-likeness (QED) is 0.759. The predicted octanol–water partition coefficient (Wildman–Crippen LogP) is 2.92. The van der Waals surface area contributed by atoms with Crippen LogP contribution in [0.1, 0.15) is 10.4 Å². The fourth-order valence-electron chi connectivity index (χ4n) is 2.22. The second-order valence-corrected chi connectivity index (χ2v) is 4.94. The lowest BCUT2D eigenvalue weighted by atomic mass is 10.1. The number of anilines is 1. The van der Waals surface area contributed by atoms with Gasteiger partial charge in [0.25, 0.3) is 11.5 Å². The first kappa shape index (κ1) is 16.5. The van der Waals surface area contributed by atoms with Gasteiger partial charge in [-0.15, -0.1) is 0 Å². The van der Waals surface area contributed by atoms with Gasteiger partial charge in [-0.2, -0.15) is 8.78 Å². The highest BCUT2D eigenvalue weighted by Crippen LogP contribution is 2.24. The number of carbonyl (C=O) groups is 1. The summed E-state index contributed by atoms with van der Waals surface area (Å²) >= 11 is 0. The first-order valence-corrected chi connectivity index (χ1v) is 6.97. The van der Waals surface area contributed by atoms with Crippen molar-refractivity contribution in [1.82, 2.24) is 9.97 Å². The molecule has 2 aromatic carbocycles. The summed E-state index contributed by atoms with van der Waals surface area (Å²) in [6.07, 6.45) is 1.25. The van der Waals surface area contributed by atoms with Crippen LogP contribution in [0.15, 0.2) is 47.5 Å². The molecule has 0 unspecified atom stereocenters. The highest BCUT2D eigenvalue weighted by atomic mass is 19.3. The van der Waals surface area contributed by atoms with Crippen molar-refractivity contribution in [3.63, 3.8) is 0 Å². The van der Waals surface area contributed by atoms with Crippen LogP contribution in [0.2, 0.25) is 0 Å². The maximum atomic E-state index is 13.2. The summed E-state index contributed by atoms with van der Waals surface area (Å²) in [6.45, 7) is -3.21. The van der Waals surface area contributed by atoms with E-state index >= 15 is 0 Å². The van der Waals surface area contributed by atoms with E-state index in [4.69, 9.17) is 0 Å². The molecule has 0 saturated carbocycles. The number of carbonyl (C=O) groups excluding carboxylic acids is 1. The Morgan fingerprint density at radius 2 is 2.00 bits per heavy atom. The van der Waals surface area contributed by atoms with Gasteiger partial charge in [0.15, 0.2) is 0 Å². The zero-order valence-corrected chi connectivity index (χ0v) is 12.4. The van der Waals surface area contributed by atoms with Crippen LogP contribution >= 0.6 is 0 Å². The third-order valence-electron chi connectivity index (χ3n) is 3.30. The fraction of sp³-hybridized carbons (Fsp3) is 0.0625. The molecular weight excluding hydrogens is 339 g/mol. The van der Waals surface area contributed by atoms with Gasteiger partial charge in [0.2, 0.25) is 0 Å². The van der Waals surface area contributed by atoms with Crippen LogP contribution in [0.5, 0.6) is 5.75 Å². The van der Waals surface area contributed by atoms with Crippen molar-refractivity contribution in [3.8, 4) is 5.75 Å². The van der Waals surface area contributed by atoms with Crippen LogP contribution in [-0.2, 0) is 0 Å². The molecule has 1 amide bonds. The number of hydrogen-bond donors (Lipinski definition) is 2. The second kappa shape index (κ2) is 6.63. The summed E-state index contributed by atoms with van der Waals surface area (Å²) in [6, 6.07) is 7.05. The number of fused-ring (bicyclic) bond motifs is 1. The molecule has 128 valence electrons. The number of rotatable bonds is 4. The van der Waals surface area contributed by atoms with Gasteiger partial charge in [-0.05, 0) is 30.3 Å². The molecular formula is C16H10F3N3O3. The van der Waals surface area contributed by atoms with Gasteiger partial charge in [0, 0.05) is 11.8 Å². The molecule has 0 radical (unpaired) electrons. The Kier molecular flexibility index (Phi) is 4.38. The lowest BCUT2D eigenvalue weighted by Crippen LogP contribution is -2.15. The van der Waals surface area contributed by atoms with Crippen molar-refractivity contribution in [2.75, 3.05) is 5.32 Å². The maximum absolute atomic E-state index is 13.2. The highest BCUT2D eigenvalue weighted by Gasteiger charge is 2.17. The van der Waals surface area contributed by atoms with E-state index < -0.39 is 29.6 Å². The van der Waals surface area contributed by atoms with E-state index in [1.165, 1.54) is 24.5 Å². The number of nitrogens with zero attached hydrogens (tertiary/aromatic N) is 1. The first-order chi connectivity index (χ1) is 11.9. The number of amides is 1. The monoisotopic (exact) mass is 349 g/mol. The molecule has 2 N–H and O–H groups in total. The Balaban J connectivity index is 1.92. The van der Waals surface area contributed by atoms with E-state index in [0.717, 1.165) is 12.1 Å². The third-order valence-corrected chi connectivity index (χ3v) is 3.30. The molecule has 6 nitrogen and oxygen atoms in total. The van der Waals surface area contributed by atoms with Gasteiger partial charge in [-0.1, -0.05) is 0 Å². The molecule has 25 heavy (non-hydrogen) atoms. The summed E-state index contributed by atoms with van der Waals surface area (Å²) in [4.78, 5) is 30.4. The van der Waals surface area contributed by atoms with Crippen molar-refractivity contribution >= 4 is 22.5 Å². The first-order valence-electron chi connectivity index (χ1n) is 6.97. The van der Waals surface area contributed by atoms with E-state index in [2.05, 4.69) is 20.0 Å². The Morgan fingerprint density at radius 3 is 2.76 bits per heavy atom. The standard InChI is InChI=1S/C16H10F3N3O3/c17-8-1-3-10(13(5-8)25-16(18)19)15(24)22-9-2-4-12-11(6-9)14(23)21-7-20-12/h1-7,16H,(H,22,24)(H,20,21,23). The molecule has 3 rings (SSSR count). The second-order valence-electron chi connectivity index (χ2n) is 4.94. The van der Waals surface area contributed by atoms with Crippen molar-refractivity contribution in [2.45, 2.75) is 6.61 Å². The number of halogens is 3. The smallest absolute Gasteiger partial charge is 0.387 e. The molecule has 0 fully saturated rings. The van der Waals surface area contributed by atoms with E-state index in [1.807, 2.05) is 0 Å². The maximum Gasteiger partial charge on any atom is 0.387 e. The number of aromatic amines is 1. The van der Waals surface area contributed by atoms with Gasteiger partial charge < -0.3 is 15.0 Å². The van der Waals surface area contributed by atoms with Gasteiger partial charge in [-0.3, -0.25) is 9.59 Å². The Labute approximate surface area is 138 Å². The lowest BCUT2D eigenvalue weighted by molar-refractivity contribution is -0.0502. The molecule has 0 atom stereocenters. The van der Waals surface area contributed by atoms with Crippen LogP contribution < -0.4 is 15.6 Å². The van der Waals surface area contributed by atoms with Crippen molar-refractivity contribution < 1.29 is 22.7 Å². The number of nitrogens with one attached hydrogen (secondary N) is 2. The molecule has 0 aliphatic heterocycles. The predicted molar refractivity (Wildman–Crippen MR) is 83.3 cm³/mol.